The van der Waals surface area contributed by atoms with E-state index in [1.54, 1.807) is 4.90 Å². The zero-order chi connectivity index (χ0) is 13.4. The van der Waals surface area contributed by atoms with Crippen molar-refractivity contribution < 1.29 is 14.7 Å². The Labute approximate surface area is 112 Å². The Morgan fingerprint density at radius 1 is 1.21 bits per heavy atom. The van der Waals surface area contributed by atoms with E-state index in [1.807, 2.05) is 18.2 Å². The van der Waals surface area contributed by atoms with Gasteiger partial charge >= 0.3 is 5.97 Å². The monoisotopic (exact) mass is 259 g/mol. The fourth-order valence-electron chi connectivity index (χ4n) is 2.93. The Balaban J connectivity index is 1.60. The number of carboxylic acids is 1. The molecule has 2 fully saturated rings. The summed E-state index contributed by atoms with van der Waals surface area (Å²) < 4.78 is 0. The third-order valence-electron chi connectivity index (χ3n) is 4.18. The number of rotatable bonds is 3. The number of aliphatic carboxylic acids is 1. The van der Waals surface area contributed by atoms with Gasteiger partial charge in [0, 0.05) is 19.0 Å². The predicted octanol–water partition coefficient (Wildman–Crippen LogP) is 1.72. The first kappa shape index (κ1) is 12.2. The number of nitrogens with zero attached hydrogens (tertiary/aromatic N) is 1. The van der Waals surface area contributed by atoms with E-state index in [2.05, 4.69) is 12.1 Å². The van der Waals surface area contributed by atoms with Crippen LogP contribution in [-0.2, 0) is 9.59 Å². The highest BCUT2D eigenvalue weighted by Gasteiger charge is 2.47. The first-order chi connectivity index (χ1) is 9.16. The molecule has 2 aliphatic rings. The van der Waals surface area contributed by atoms with Gasteiger partial charge in [-0.1, -0.05) is 30.3 Å². The SMILES string of the molecule is O=C(O)C1CCN(C(=O)C2CC2c2ccccc2)C1. The minimum Gasteiger partial charge on any atom is -0.481 e. The highest BCUT2D eigenvalue weighted by Crippen LogP contribution is 2.48. The molecule has 1 saturated heterocycles. The van der Waals surface area contributed by atoms with Gasteiger partial charge in [0.15, 0.2) is 0 Å². The average Bonchev–Trinajstić information content (AvgIpc) is 3.06. The highest BCUT2D eigenvalue weighted by molar-refractivity contribution is 5.84. The first-order valence-electron chi connectivity index (χ1n) is 6.73. The van der Waals surface area contributed by atoms with E-state index < -0.39 is 5.97 Å². The fraction of sp³-hybridized carbons (Fsp3) is 0.467. The molecule has 1 saturated carbocycles. The molecule has 100 valence electrons. The lowest BCUT2D eigenvalue weighted by Gasteiger charge is -2.15. The first-order valence-corrected chi connectivity index (χ1v) is 6.73. The molecule has 1 aromatic rings. The number of hydrogen-bond donors (Lipinski definition) is 1. The van der Waals surface area contributed by atoms with Crippen molar-refractivity contribution in [3.63, 3.8) is 0 Å². The molecule has 4 nitrogen and oxygen atoms in total. The van der Waals surface area contributed by atoms with Crippen LogP contribution >= 0.6 is 0 Å². The summed E-state index contributed by atoms with van der Waals surface area (Å²) in [4.78, 5) is 24.9. The molecule has 1 aliphatic heterocycles. The average molecular weight is 259 g/mol. The Morgan fingerprint density at radius 2 is 1.95 bits per heavy atom. The van der Waals surface area contributed by atoms with Gasteiger partial charge in [-0.15, -0.1) is 0 Å². The van der Waals surface area contributed by atoms with Crippen molar-refractivity contribution in [2.45, 2.75) is 18.8 Å². The number of amides is 1. The largest absolute Gasteiger partial charge is 0.481 e. The molecule has 3 rings (SSSR count). The molecule has 3 atom stereocenters. The molecule has 3 unspecified atom stereocenters. The molecular formula is C15H17NO3. The van der Waals surface area contributed by atoms with Crippen molar-refractivity contribution in [3.05, 3.63) is 35.9 Å². The van der Waals surface area contributed by atoms with Crippen LogP contribution in [0.1, 0.15) is 24.3 Å². The van der Waals surface area contributed by atoms with Crippen LogP contribution < -0.4 is 0 Å². The van der Waals surface area contributed by atoms with Gasteiger partial charge in [-0.3, -0.25) is 9.59 Å². The minimum absolute atomic E-state index is 0.0648. The van der Waals surface area contributed by atoms with E-state index in [0.29, 0.717) is 25.4 Å². The molecule has 4 heteroatoms. The third-order valence-corrected chi connectivity index (χ3v) is 4.18. The van der Waals surface area contributed by atoms with Crippen LogP contribution in [0, 0.1) is 11.8 Å². The summed E-state index contributed by atoms with van der Waals surface area (Å²) in [6.07, 6.45) is 1.49. The van der Waals surface area contributed by atoms with Crippen molar-refractivity contribution >= 4 is 11.9 Å². The van der Waals surface area contributed by atoms with E-state index in [4.69, 9.17) is 5.11 Å². The number of carbonyl (C=O) groups excluding carboxylic acids is 1. The lowest BCUT2D eigenvalue weighted by molar-refractivity contribution is -0.141. The van der Waals surface area contributed by atoms with Crippen LogP contribution in [0.25, 0.3) is 0 Å². The van der Waals surface area contributed by atoms with Crippen LogP contribution in [0.2, 0.25) is 0 Å². The third kappa shape index (κ3) is 2.35. The molecule has 1 aliphatic carbocycles. The van der Waals surface area contributed by atoms with Gasteiger partial charge in [0.1, 0.15) is 0 Å². The maximum atomic E-state index is 12.3. The second-order valence-corrected chi connectivity index (χ2v) is 5.47. The van der Waals surface area contributed by atoms with Crippen molar-refractivity contribution in [1.29, 1.82) is 0 Å². The Morgan fingerprint density at radius 3 is 2.58 bits per heavy atom. The second kappa shape index (κ2) is 4.68. The van der Waals surface area contributed by atoms with E-state index in [9.17, 15) is 9.59 Å². The number of likely N-dealkylation sites (tertiary alicyclic amines) is 1. The molecule has 0 bridgehead atoms. The van der Waals surface area contributed by atoms with Crippen molar-refractivity contribution in [2.24, 2.45) is 11.8 Å². The quantitative estimate of drug-likeness (QED) is 0.899. The van der Waals surface area contributed by atoms with Gasteiger partial charge in [0.25, 0.3) is 0 Å². The van der Waals surface area contributed by atoms with Gasteiger partial charge in [-0.25, -0.2) is 0 Å². The summed E-state index contributed by atoms with van der Waals surface area (Å²) >= 11 is 0. The van der Waals surface area contributed by atoms with Crippen molar-refractivity contribution in [1.82, 2.24) is 4.90 Å². The molecule has 1 amide bonds. The van der Waals surface area contributed by atoms with Gasteiger partial charge in [0.05, 0.1) is 5.92 Å². The minimum atomic E-state index is -0.786. The molecule has 0 aromatic heterocycles. The summed E-state index contributed by atoms with van der Waals surface area (Å²) in [6.45, 7) is 0.972. The van der Waals surface area contributed by atoms with Crippen LogP contribution in [-0.4, -0.2) is 35.0 Å². The zero-order valence-electron chi connectivity index (χ0n) is 10.7. The Bertz CT molecular complexity index is 499. The van der Waals surface area contributed by atoms with Gasteiger partial charge in [-0.05, 0) is 24.3 Å². The standard InChI is InChI=1S/C15H17NO3/c17-14(16-7-6-11(9-16)15(18)19)13-8-12(13)10-4-2-1-3-5-10/h1-5,11-13H,6-9H2,(H,18,19). The second-order valence-electron chi connectivity index (χ2n) is 5.47. The lowest BCUT2D eigenvalue weighted by Crippen LogP contribution is -2.31. The Hall–Kier alpha value is -1.84. The molecule has 19 heavy (non-hydrogen) atoms. The molecule has 0 spiro atoms. The summed E-state index contributed by atoms with van der Waals surface area (Å²) in [7, 11) is 0. The molecule has 1 aromatic carbocycles. The lowest BCUT2D eigenvalue weighted by atomic mass is 10.1. The molecule has 0 radical (unpaired) electrons. The number of hydrogen-bond acceptors (Lipinski definition) is 2. The summed E-state index contributed by atoms with van der Waals surface area (Å²) in [5.74, 6) is -0.631. The molecular weight excluding hydrogens is 242 g/mol. The van der Waals surface area contributed by atoms with Crippen molar-refractivity contribution in [2.75, 3.05) is 13.1 Å². The maximum Gasteiger partial charge on any atom is 0.308 e. The highest BCUT2D eigenvalue weighted by atomic mass is 16.4. The Kier molecular flexibility index (Phi) is 3.01. The van der Waals surface area contributed by atoms with Gasteiger partial charge in [-0.2, -0.15) is 0 Å². The van der Waals surface area contributed by atoms with E-state index in [0.717, 1.165) is 6.42 Å². The van der Waals surface area contributed by atoms with Gasteiger partial charge in [0.2, 0.25) is 5.91 Å². The predicted molar refractivity (Wildman–Crippen MR) is 69.6 cm³/mol. The number of benzene rings is 1. The normalized spacial score (nSPS) is 29.3. The fourth-order valence-corrected chi connectivity index (χ4v) is 2.93. The van der Waals surface area contributed by atoms with E-state index in [-0.39, 0.29) is 17.7 Å². The molecule has 1 N–H and O–H groups in total. The van der Waals surface area contributed by atoms with Crippen LogP contribution in [0.5, 0.6) is 0 Å². The zero-order valence-corrected chi connectivity index (χ0v) is 10.7. The van der Waals surface area contributed by atoms with Gasteiger partial charge < -0.3 is 10.0 Å². The summed E-state index contributed by atoms with van der Waals surface area (Å²) in [5, 5.41) is 8.96. The smallest absolute Gasteiger partial charge is 0.308 e. The number of carbonyl (C=O) groups is 2. The summed E-state index contributed by atoms with van der Waals surface area (Å²) in [5.41, 5.74) is 1.22. The van der Waals surface area contributed by atoms with Crippen LogP contribution in [0.4, 0.5) is 0 Å². The van der Waals surface area contributed by atoms with E-state index in [1.165, 1.54) is 5.56 Å². The maximum absolute atomic E-state index is 12.3. The summed E-state index contributed by atoms with van der Waals surface area (Å²) in [6, 6.07) is 10.1. The molecule has 1 heterocycles. The number of carboxylic acid groups (broad SMARTS) is 1. The van der Waals surface area contributed by atoms with Crippen LogP contribution in [0.3, 0.4) is 0 Å². The topological polar surface area (TPSA) is 57.6 Å². The van der Waals surface area contributed by atoms with Crippen LogP contribution in [0.15, 0.2) is 30.3 Å². The van der Waals surface area contributed by atoms with Crippen molar-refractivity contribution in [3.8, 4) is 0 Å². The van der Waals surface area contributed by atoms with E-state index >= 15 is 0 Å².